The molecule has 2 rings (SSSR count). The molecule has 1 aromatic heterocycles. The van der Waals surface area contributed by atoms with Gasteiger partial charge < -0.3 is 4.90 Å². The number of rotatable bonds is 2. The van der Waals surface area contributed by atoms with Gasteiger partial charge in [-0.05, 0) is 39.3 Å². The maximum atomic E-state index is 11.7. The molecule has 0 aromatic carbocycles. The van der Waals surface area contributed by atoms with E-state index in [9.17, 15) is 4.79 Å². The average molecular weight is 243 g/mol. The van der Waals surface area contributed by atoms with Crippen LogP contribution >= 0.6 is 0 Å². The Morgan fingerprint density at radius 1 is 1.56 bits per heavy atom. The van der Waals surface area contributed by atoms with Crippen LogP contribution in [-0.4, -0.2) is 23.4 Å². The number of carbonyl (C=O) groups is 1. The SMILES string of the molecule is CC(=O)c1ccc(C)nc1N1CC(C#N)CC1C. The van der Waals surface area contributed by atoms with Crippen LogP contribution in [0.1, 0.15) is 36.3 Å². The number of ketones is 1. The molecule has 0 N–H and O–H groups in total. The first-order chi connectivity index (χ1) is 8.52. The number of hydrogen-bond donors (Lipinski definition) is 0. The molecule has 2 atom stereocenters. The van der Waals surface area contributed by atoms with E-state index in [0.717, 1.165) is 17.9 Å². The Hall–Kier alpha value is -1.89. The normalized spacial score (nSPS) is 22.9. The fourth-order valence-electron chi connectivity index (χ4n) is 2.46. The molecule has 0 bridgehead atoms. The van der Waals surface area contributed by atoms with Gasteiger partial charge in [0.25, 0.3) is 0 Å². The first-order valence-corrected chi connectivity index (χ1v) is 6.17. The summed E-state index contributed by atoms with van der Waals surface area (Å²) < 4.78 is 0. The van der Waals surface area contributed by atoms with E-state index in [4.69, 9.17) is 5.26 Å². The molecule has 1 aliphatic rings. The molecule has 0 amide bonds. The van der Waals surface area contributed by atoms with Gasteiger partial charge in [0.1, 0.15) is 5.82 Å². The summed E-state index contributed by atoms with van der Waals surface area (Å²) in [4.78, 5) is 18.2. The summed E-state index contributed by atoms with van der Waals surface area (Å²) in [6.45, 7) is 6.20. The second-order valence-electron chi connectivity index (χ2n) is 4.94. The lowest BCUT2D eigenvalue weighted by molar-refractivity contribution is 0.101. The number of Topliss-reactive ketones (excluding diaryl/α,β-unsaturated/α-hetero) is 1. The van der Waals surface area contributed by atoms with Gasteiger partial charge in [-0.15, -0.1) is 0 Å². The Labute approximate surface area is 107 Å². The molecular weight excluding hydrogens is 226 g/mol. The van der Waals surface area contributed by atoms with E-state index >= 15 is 0 Å². The molecule has 1 fully saturated rings. The zero-order valence-corrected chi connectivity index (χ0v) is 11.0. The molecule has 0 aliphatic carbocycles. The third-order valence-electron chi connectivity index (χ3n) is 3.42. The molecule has 0 saturated carbocycles. The summed E-state index contributed by atoms with van der Waals surface area (Å²) in [6, 6.07) is 6.23. The molecule has 4 heteroatoms. The van der Waals surface area contributed by atoms with Crippen molar-refractivity contribution in [3.63, 3.8) is 0 Å². The highest BCUT2D eigenvalue weighted by Crippen LogP contribution is 2.30. The molecule has 1 aromatic rings. The van der Waals surface area contributed by atoms with Crippen LogP contribution in [0.2, 0.25) is 0 Å². The molecule has 0 radical (unpaired) electrons. The van der Waals surface area contributed by atoms with E-state index in [1.807, 2.05) is 19.1 Å². The molecule has 1 saturated heterocycles. The summed E-state index contributed by atoms with van der Waals surface area (Å²) in [5, 5.41) is 9.02. The van der Waals surface area contributed by atoms with Gasteiger partial charge in [-0.3, -0.25) is 4.79 Å². The molecule has 18 heavy (non-hydrogen) atoms. The summed E-state index contributed by atoms with van der Waals surface area (Å²) in [7, 11) is 0. The van der Waals surface area contributed by atoms with Gasteiger partial charge in [0.2, 0.25) is 0 Å². The van der Waals surface area contributed by atoms with Crippen molar-refractivity contribution in [2.75, 3.05) is 11.4 Å². The smallest absolute Gasteiger partial charge is 0.163 e. The highest BCUT2D eigenvalue weighted by molar-refractivity contribution is 5.99. The van der Waals surface area contributed by atoms with Crippen LogP contribution in [0, 0.1) is 24.2 Å². The van der Waals surface area contributed by atoms with Crippen molar-refractivity contribution in [2.45, 2.75) is 33.2 Å². The van der Waals surface area contributed by atoms with Crippen molar-refractivity contribution < 1.29 is 4.79 Å². The van der Waals surface area contributed by atoms with Gasteiger partial charge in [0.05, 0.1) is 17.6 Å². The fourth-order valence-corrected chi connectivity index (χ4v) is 2.46. The standard InChI is InChI=1S/C14H17N3O/c1-9-4-5-13(11(3)18)14(16-9)17-8-12(7-15)6-10(17)2/h4-5,10,12H,6,8H2,1-3H3. The largest absolute Gasteiger partial charge is 0.352 e. The van der Waals surface area contributed by atoms with Crippen molar-refractivity contribution >= 4 is 11.6 Å². The molecule has 2 unspecified atom stereocenters. The lowest BCUT2D eigenvalue weighted by Gasteiger charge is -2.24. The minimum absolute atomic E-state index is 0.0186. The summed E-state index contributed by atoms with van der Waals surface area (Å²) >= 11 is 0. The molecule has 94 valence electrons. The highest BCUT2D eigenvalue weighted by Gasteiger charge is 2.31. The maximum absolute atomic E-state index is 11.7. The van der Waals surface area contributed by atoms with Crippen LogP contribution in [0.4, 0.5) is 5.82 Å². The number of aryl methyl sites for hydroxylation is 1. The predicted molar refractivity (Wildman–Crippen MR) is 69.5 cm³/mol. The lowest BCUT2D eigenvalue weighted by atomic mass is 10.1. The minimum Gasteiger partial charge on any atom is -0.352 e. The molecular formula is C14H17N3O. The Bertz CT molecular complexity index is 518. The van der Waals surface area contributed by atoms with Crippen molar-refractivity contribution in [1.29, 1.82) is 5.26 Å². The summed E-state index contributed by atoms with van der Waals surface area (Å²) in [6.07, 6.45) is 0.837. The topological polar surface area (TPSA) is 57.0 Å². The number of carbonyl (C=O) groups excluding carboxylic acids is 1. The van der Waals surface area contributed by atoms with Gasteiger partial charge in [-0.25, -0.2) is 4.98 Å². The fraction of sp³-hybridized carbons (Fsp3) is 0.500. The van der Waals surface area contributed by atoms with E-state index in [1.165, 1.54) is 0 Å². The number of hydrogen-bond acceptors (Lipinski definition) is 4. The van der Waals surface area contributed by atoms with E-state index in [2.05, 4.69) is 22.9 Å². The van der Waals surface area contributed by atoms with Crippen molar-refractivity contribution in [1.82, 2.24) is 4.98 Å². The van der Waals surface area contributed by atoms with E-state index in [0.29, 0.717) is 12.1 Å². The van der Waals surface area contributed by atoms with E-state index in [-0.39, 0.29) is 17.7 Å². The third kappa shape index (κ3) is 2.21. The second-order valence-corrected chi connectivity index (χ2v) is 4.94. The van der Waals surface area contributed by atoms with Gasteiger partial charge in [0.15, 0.2) is 5.78 Å². The molecule has 1 aliphatic heterocycles. The van der Waals surface area contributed by atoms with Gasteiger partial charge >= 0.3 is 0 Å². The molecule has 2 heterocycles. The number of anilines is 1. The first kappa shape index (κ1) is 12.6. The highest BCUT2D eigenvalue weighted by atomic mass is 16.1. The third-order valence-corrected chi connectivity index (χ3v) is 3.42. The van der Waals surface area contributed by atoms with Crippen molar-refractivity contribution in [2.24, 2.45) is 5.92 Å². The van der Waals surface area contributed by atoms with E-state index < -0.39 is 0 Å². The summed E-state index contributed by atoms with van der Waals surface area (Å²) in [5.74, 6) is 0.778. The van der Waals surface area contributed by atoms with Gasteiger partial charge in [0, 0.05) is 18.3 Å². The van der Waals surface area contributed by atoms with Crippen LogP contribution in [0.25, 0.3) is 0 Å². The Balaban J connectivity index is 2.41. The van der Waals surface area contributed by atoms with Crippen LogP contribution < -0.4 is 4.90 Å². The zero-order valence-electron chi connectivity index (χ0n) is 11.0. The predicted octanol–water partition coefficient (Wildman–Crippen LogP) is 2.33. The zero-order chi connectivity index (χ0) is 13.3. The molecule has 4 nitrogen and oxygen atoms in total. The number of nitrogens with zero attached hydrogens (tertiary/aromatic N) is 3. The Kier molecular flexibility index (Phi) is 3.33. The van der Waals surface area contributed by atoms with Crippen molar-refractivity contribution in [3.05, 3.63) is 23.4 Å². The van der Waals surface area contributed by atoms with E-state index in [1.54, 1.807) is 6.92 Å². The van der Waals surface area contributed by atoms with Gasteiger partial charge in [-0.2, -0.15) is 5.26 Å². The maximum Gasteiger partial charge on any atom is 0.163 e. The second kappa shape index (κ2) is 4.77. The number of nitriles is 1. The van der Waals surface area contributed by atoms with Gasteiger partial charge in [-0.1, -0.05) is 0 Å². The quantitative estimate of drug-likeness (QED) is 0.748. The van der Waals surface area contributed by atoms with Crippen LogP contribution in [0.15, 0.2) is 12.1 Å². The Morgan fingerprint density at radius 2 is 2.28 bits per heavy atom. The number of pyridine rings is 1. The summed E-state index contributed by atoms with van der Waals surface area (Å²) in [5.41, 5.74) is 1.54. The Morgan fingerprint density at radius 3 is 2.83 bits per heavy atom. The average Bonchev–Trinajstić information content (AvgIpc) is 2.70. The molecule has 0 spiro atoms. The van der Waals surface area contributed by atoms with Crippen molar-refractivity contribution in [3.8, 4) is 6.07 Å². The van der Waals surface area contributed by atoms with Crippen LogP contribution in [0.5, 0.6) is 0 Å². The minimum atomic E-state index is 0.0186. The first-order valence-electron chi connectivity index (χ1n) is 6.17. The monoisotopic (exact) mass is 243 g/mol. The number of aromatic nitrogens is 1. The lowest BCUT2D eigenvalue weighted by Crippen LogP contribution is -2.29. The van der Waals surface area contributed by atoms with Crippen LogP contribution in [0.3, 0.4) is 0 Å². The van der Waals surface area contributed by atoms with Crippen LogP contribution in [-0.2, 0) is 0 Å².